The van der Waals surface area contributed by atoms with E-state index in [0.717, 1.165) is 12.2 Å². The molecule has 0 spiro atoms. The number of esters is 2. The summed E-state index contributed by atoms with van der Waals surface area (Å²) in [6.07, 6.45) is 2.74. The second kappa shape index (κ2) is 16.1. The fourth-order valence-corrected chi connectivity index (χ4v) is 1.11. The Morgan fingerprint density at radius 3 is 1.46 bits per heavy atom. The van der Waals surface area contributed by atoms with E-state index in [4.69, 9.17) is 20.1 Å². The van der Waals surface area contributed by atoms with Crippen LogP contribution in [0.1, 0.15) is 13.3 Å². The SMILES string of the molecule is C=CC(=O)OCCOCCOC(=O)C=C.CCC(CO)(CO)CO. The second-order valence-electron chi connectivity index (χ2n) is 4.68. The van der Waals surface area contributed by atoms with Gasteiger partial charge in [0.05, 0.1) is 33.0 Å². The molecule has 3 N–H and O–H groups in total. The zero-order chi connectivity index (χ0) is 18.8. The standard InChI is InChI=1S/C10H14O5.C6H14O3/c1-3-9(11)14-7-5-13-6-8-15-10(12)4-2;1-2-6(3-7,4-8)5-9/h3-4H,1-2,5-8H2;7-9H,2-5H2,1H3. The molecule has 24 heavy (non-hydrogen) atoms. The first-order valence-electron chi connectivity index (χ1n) is 7.44. The predicted octanol–water partition coefficient (Wildman–Crippen LogP) is -0.179. The molecule has 0 aliphatic rings. The lowest BCUT2D eigenvalue weighted by atomic mass is 9.88. The number of rotatable bonds is 12. The quantitative estimate of drug-likeness (QED) is 0.252. The molecule has 0 aromatic carbocycles. The van der Waals surface area contributed by atoms with Crippen molar-refractivity contribution in [3.63, 3.8) is 0 Å². The van der Waals surface area contributed by atoms with Gasteiger partial charge in [-0.2, -0.15) is 0 Å². The first-order chi connectivity index (χ1) is 11.4. The van der Waals surface area contributed by atoms with Crippen LogP contribution in [0.15, 0.2) is 25.3 Å². The van der Waals surface area contributed by atoms with Gasteiger partial charge in [-0.05, 0) is 6.42 Å². The number of aliphatic hydroxyl groups is 3. The van der Waals surface area contributed by atoms with Crippen molar-refractivity contribution >= 4 is 11.9 Å². The van der Waals surface area contributed by atoms with Crippen molar-refractivity contribution in [2.75, 3.05) is 46.2 Å². The fourth-order valence-electron chi connectivity index (χ4n) is 1.11. The predicted molar refractivity (Wildman–Crippen MR) is 87.1 cm³/mol. The molecule has 0 aliphatic carbocycles. The van der Waals surface area contributed by atoms with Crippen molar-refractivity contribution in [3.05, 3.63) is 25.3 Å². The first kappa shape index (κ1) is 24.5. The summed E-state index contributed by atoms with van der Waals surface area (Å²) in [6.45, 7) is 8.64. The molecule has 0 bridgehead atoms. The van der Waals surface area contributed by atoms with E-state index < -0.39 is 17.4 Å². The molecule has 0 unspecified atom stereocenters. The molecule has 0 saturated heterocycles. The van der Waals surface area contributed by atoms with Gasteiger partial charge in [0, 0.05) is 17.6 Å². The van der Waals surface area contributed by atoms with Crippen LogP contribution in [0.25, 0.3) is 0 Å². The van der Waals surface area contributed by atoms with Crippen LogP contribution < -0.4 is 0 Å². The minimum absolute atomic E-state index is 0.153. The summed E-state index contributed by atoms with van der Waals surface area (Å²) in [7, 11) is 0. The summed E-state index contributed by atoms with van der Waals surface area (Å²) in [5.74, 6) is -0.978. The number of hydrogen-bond donors (Lipinski definition) is 3. The second-order valence-corrected chi connectivity index (χ2v) is 4.68. The van der Waals surface area contributed by atoms with Crippen LogP contribution in [0.4, 0.5) is 0 Å². The average molecular weight is 348 g/mol. The Morgan fingerprint density at radius 2 is 1.25 bits per heavy atom. The Morgan fingerprint density at radius 1 is 0.875 bits per heavy atom. The smallest absolute Gasteiger partial charge is 0.330 e. The lowest BCUT2D eigenvalue weighted by molar-refractivity contribution is -0.140. The van der Waals surface area contributed by atoms with E-state index >= 15 is 0 Å². The molecule has 0 aliphatic heterocycles. The maximum Gasteiger partial charge on any atom is 0.330 e. The molecule has 8 heteroatoms. The van der Waals surface area contributed by atoms with Crippen LogP contribution in [0.5, 0.6) is 0 Å². The van der Waals surface area contributed by atoms with Crippen LogP contribution in [0.2, 0.25) is 0 Å². The van der Waals surface area contributed by atoms with Crippen molar-refractivity contribution in [1.29, 1.82) is 0 Å². The Balaban J connectivity index is 0. The van der Waals surface area contributed by atoms with Gasteiger partial charge < -0.3 is 29.5 Å². The third kappa shape index (κ3) is 12.8. The summed E-state index contributed by atoms with van der Waals surface area (Å²) < 4.78 is 14.3. The van der Waals surface area contributed by atoms with Crippen molar-refractivity contribution in [1.82, 2.24) is 0 Å². The van der Waals surface area contributed by atoms with Gasteiger partial charge in [-0.3, -0.25) is 0 Å². The largest absolute Gasteiger partial charge is 0.460 e. The highest BCUT2D eigenvalue weighted by atomic mass is 16.6. The molecule has 0 aromatic heterocycles. The van der Waals surface area contributed by atoms with E-state index in [2.05, 4.69) is 22.6 Å². The third-order valence-corrected chi connectivity index (χ3v) is 3.03. The van der Waals surface area contributed by atoms with Crippen LogP contribution in [0, 0.1) is 5.41 Å². The molecular weight excluding hydrogens is 320 g/mol. The van der Waals surface area contributed by atoms with E-state index in [1.807, 2.05) is 6.92 Å². The molecule has 140 valence electrons. The molecule has 0 rings (SSSR count). The summed E-state index contributed by atoms with van der Waals surface area (Å²) in [5.41, 5.74) is -0.667. The number of aliphatic hydroxyl groups excluding tert-OH is 3. The van der Waals surface area contributed by atoms with Gasteiger partial charge in [0.15, 0.2) is 0 Å². The van der Waals surface area contributed by atoms with Crippen molar-refractivity contribution in [2.45, 2.75) is 13.3 Å². The summed E-state index contributed by atoms with van der Waals surface area (Å²) >= 11 is 0. The van der Waals surface area contributed by atoms with Crippen LogP contribution in [-0.4, -0.2) is 73.5 Å². The molecule has 0 aromatic rings. The highest BCUT2D eigenvalue weighted by molar-refractivity contribution is 5.81. The molecule has 0 atom stereocenters. The summed E-state index contributed by atoms with van der Waals surface area (Å²) in [5, 5.41) is 26.0. The molecular formula is C16H28O8. The third-order valence-electron chi connectivity index (χ3n) is 3.03. The average Bonchev–Trinajstić information content (AvgIpc) is 2.63. The van der Waals surface area contributed by atoms with Gasteiger partial charge in [0.1, 0.15) is 13.2 Å². The summed E-state index contributed by atoms with van der Waals surface area (Å²) in [6, 6.07) is 0. The van der Waals surface area contributed by atoms with Gasteiger partial charge in [0.25, 0.3) is 0 Å². The molecule has 0 fully saturated rings. The molecule has 0 saturated carbocycles. The van der Waals surface area contributed by atoms with E-state index in [0.29, 0.717) is 6.42 Å². The van der Waals surface area contributed by atoms with Crippen LogP contribution in [0.3, 0.4) is 0 Å². The van der Waals surface area contributed by atoms with Crippen LogP contribution >= 0.6 is 0 Å². The topological polar surface area (TPSA) is 123 Å². The van der Waals surface area contributed by atoms with Crippen molar-refractivity contribution in [3.8, 4) is 0 Å². The molecule has 0 amide bonds. The minimum Gasteiger partial charge on any atom is -0.460 e. The first-order valence-corrected chi connectivity index (χ1v) is 7.44. The number of carbonyl (C=O) groups is 2. The lowest BCUT2D eigenvalue weighted by Gasteiger charge is -2.24. The number of carbonyl (C=O) groups excluding carboxylic acids is 2. The van der Waals surface area contributed by atoms with Gasteiger partial charge >= 0.3 is 11.9 Å². The van der Waals surface area contributed by atoms with Crippen molar-refractivity contribution < 1.29 is 39.1 Å². The Bertz CT molecular complexity index is 322. The maximum atomic E-state index is 10.6. The molecule has 0 radical (unpaired) electrons. The zero-order valence-electron chi connectivity index (χ0n) is 14.1. The normalized spacial score (nSPS) is 10.2. The van der Waals surface area contributed by atoms with Crippen molar-refractivity contribution in [2.24, 2.45) is 5.41 Å². The Hall–Kier alpha value is -1.74. The monoisotopic (exact) mass is 348 g/mol. The van der Waals surface area contributed by atoms with Crippen LogP contribution in [-0.2, 0) is 23.8 Å². The van der Waals surface area contributed by atoms with E-state index in [9.17, 15) is 9.59 Å². The minimum atomic E-state index is -0.667. The van der Waals surface area contributed by atoms with Gasteiger partial charge in [-0.15, -0.1) is 0 Å². The zero-order valence-corrected chi connectivity index (χ0v) is 14.1. The highest BCUT2D eigenvalue weighted by Crippen LogP contribution is 2.18. The number of hydrogen-bond acceptors (Lipinski definition) is 8. The van der Waals surface area contributed by atoms with Gasteiger partial charge in [-0.25, -0.2) is 9.59 Å². The van der Waals surface area contributed by atoms with E-state index in [-0.39, 0.29) is 46.2 Å². The van der Waals surface area contributed by atoms with E-state index in [1.165, 1.54) is 0 Å². The lowest BCUT2D eigenvalue weighted by Crippen LogP contribution is -2.32. The highest BCUT2D eigenvalue weighted by Gasteiger charge is 2.24. The number of ether oxygens (including phenoxy) is 3. The summed E-state index contributed by atoms with van der Waals surface area (Å²) in [4.78, 5) is 21.1. The Labute approximate surface area is 142 Å². The maximum absolute atomic E-state index is 10.6. The Kier molecular flexibility index (Phi) is 16.5. The molecule has 8 nitrogen and oxygen atoms in total. The van der Waals surface area contributed by atoms with Gasteiger partial charge in [-0.1, -0.05) is 20.1 Å². The fraction of sp³-hybridized carbons (Fsp3) is 0.625. The van der Waals surface area contributed by atoms with E-state index in [1.54, 1.807) is 0 Å². The van der Waals surface area contributed by atoms with Gasteiger partial charge in [0.2, 0.25) is 0 Å². The molecule has 0 heterocycles.